The number of benzene rings is 2. The minimum atomic E-state index is -0.185. The number of rotatable bonds is 8. The molecular formula is C24H27NO6. The van der Waals surface area contributed by atoms with Crippen molar-refractivity contribution in [2.75, 3.05) is 47.6 Å². The van der Waals surface area contributed by atoms with E-state index in [1.54, 1.807) is 37.5 Å². The topological polar surface area (TPSA) is 66.5 Å². The van der Waals surface area contributed by atoms with Crippen LogP contribution in [0.25, 0.3) is 6.08 Å². The summed E-state index contributed by atoms with van der Waals surface area (Å²) in [6, 6.07) is 8.87. The first-order valence-corrected chi connectivity index (χ1v) is 10.4. The van der Waals surface area contributed by atoms with Crippen LogP contribution in [0.1, 0.15) is 28.8 Å². The molecule has 0 aromatic heterocycles. The molecule has 31 heavy (non-hydrogen) atoms. The number of carbonyl (C=O) groups excluding carboxylic acids is 1. The predicted molar refractivity (Wildman–Crippen MR) is 117 cm³/mol. The fourth-order valence-corrected chi connectivity index (χ4v) is 3.94. The van der Waals surface area contributed by atoms with Gasteiger partial charge in [-0.3, -0.25) is 9.69 Å². The number of nitrogens with zero attached hydrogens (tertiary/aromatic N) is 1. The normalized spacial score (nSPS) is 16.9. The average molecular weight is 425 g/mol. The third-order valence-electron chi connectivity index (χ3n) is 5.54. The molecule has 164 valence electrons. The molecule has 0 N–H and O–H groups in total. The first-order chi connectivity index (χ1) is 15.1. The van der Waals surface area contributed by atoms with E-state index in [9.17, 15) is 4.79 Å². The third kappa shape index (κ3) is 4.32. The summed E-state index contributed by atoms with van der Waals surface area (Å²) in [5.74, 6) is 2.68. The molecule has 0 aliphatic carbocycles. The fraction of sp³-hybridized carbons (Fsp3) is 0.375. The van der Waals surface area contributed by atoms with Gasteiger partial charge in [0.05, 0.1) is 26.9 Å². The van der Waals surface area contributed by atoms with Gasteiger partial charge in [0.1, 0.15) is 18.1 Å². The number of hydrogen-bond acceptors (Lipinski definition) is 7. The van der Waals surface area contributed by atoms with E-state index in [0.29, 0.717) is 46.5 Å². The molecule has 4 rings (SSSR count). The second kappa shape index (κ2) is 9.31. The van der Waals surface area contributed by atoms with Crippen molar-refractivity contribution in [1.29, 1.82) is 0 Å². The molecule has 0 atom stereocenters. The first-order valence-electron chi connectivity index (χ1n) is 10.4. The number of ketones is 1. The maximum absolute atomic E-state index is 12.8. The van der Waals surface area contributed by atoms with E-state index in [2.05, 4.69) is 4.90 Å². The SMILES string of the molecule is COc1ccc(/C=C2\Oc3cc(OCCN4CCCC4)ccc3C2=O)c(OC)c1OC. The monoisotopic (exact) mass is 425 g/mol. The number of likely N-dealkylation sites (tertiary alicyclic amines) is 1. The van der Waals surface area contributed by atoms with E-state index in [4.69, 9.17) is 23.7 Å². The minimum absolute atomic E-state index is 0.185. The molecule has 7 nitrogen and oxygen atoms in total. The first kappa shape index (κ1) is 21.1. The quantitative estimate of drug-likeness (QED) is 0.596. The Kier molecular flexibility index (Phi) is 6.32. The number of allylic oxidation sites excluding steroid dienone is 1. The van der Waals surface area contributed by atoms with Crippen molar-refractivity contribution in [3.05, 3.63) is 47.2 Å². The summed E-state index contributed by atoms with van der Waals surface area (Å²) in [5.41, 5.74) is 1.16. The maximum atomic E-state index is 12.8. The minimum Gasteiger partial charge on any atom is -0.493 e. The van der Waals surface area contributed by atoms with Crippen LogP contribution in [0.4, 0.5) is 0 Å². The van der Waals surface area contributed by atoms with Crippen LogP contribution in [-0.2, 0) is 0 Å². The molecule has 2 aromatic carbocycles. The molecule has 2 aromatic rings. The van der Waals surface area contributed by atoms with E-state index in [1.807, 2.05) is 6.07 Å². The van der Waals surface area contributed by atoms with E-state index in [0.717, 1.165) is 19.6 Å². The van der Waals surface area contributed by atoms with Gasteiger partial charge in [-0.25, -0.2) is 0 Å². The van der Waals surface area contributed by atoms with Crippen LogP contribution in [0.5, 0.6) is 28.7 Å². The van der Waals surface area contributed by atoms with Gasteiger partial charge in [0.25, 0.3) is 0 Å². The van der Waals surface area contributed by atoms with Gasteiger partial charge in [-0.05, 0) is 56.3 Å². The zero-order chi connectivity index (χ0) is 21.8. The van der Waals surface area contributed by atoms with Crippen LogP contribution >= 0.6 is 0 Å². The number of Topliss-reactive ketones (excluding diaryl/α,β-unsaturated/α-hetero) is 1. The Bertz CT molecular complexity index is 994. The summed E-state index contributed by atoms with van der Waals surface area (Å²) >= 11 is 0. The lowest BCUT2D eigenvalue weighted by Crippen LogP contribution is -2.25. The Hall–Kier alpha value is -3.19. The highest BCUT2D eigenvalue weighted by molar-refractivity contribution is 6.14. The molecule has 7 heteroatoms. The molecule has 0 saturated carbocycles. The van der Waals surface area contributed by atoms with Crippen molar-refractivity contribution in [3.63, 3.8) is 0 Å². The Labute approximate surface area is 182 Å². The van der Waals surface area contributed by atoms with Gasteiger partial charge in [-0.15, -0.1) is 0 Å². The maximum Gasteiger partial charge on any atom is 0.231 e. The molecule has 0 unspecified atom stereocenters. The van der Waals surface area contributed by atoms with Crippen LogP contribution in [0.3, 0.4) is 0 Å². The molecule has 1 fully saturated rings. The highest BCUT2D eigenvalue weighted by atomic mass is 16.5. The molecule has 2 aliphatic rings. The molecule has 0 radical (unpaired) electrons. The van der Waals surface area contributed by atoms with E-state index < -0.39 is 0 Å². The summed E-state index contributed by atoms with van der Waals surface area (Å²) in [6.07, 6.45) is 4.17. The highest BCUT2D eigenvalue weighted by Crippen LogP contribution is 2.42. The van der Waals surface area contributed by atoms with Gasteiger partial charge in [0, 0.05) is 18.2 Å². The van der Waals surface area contributed by atoms with Gasteiger partial charge in [-0.2, -0.15) is 0 Å². The lowest BCUT2D eigenvalue weighted by molar-refractivity contribution is 0.101. The van der Waals surface area contributed by atoms with Crippen molar-refractivity contribution in [3.8, 4) is 28.7 Å². The van der Waals surface area contributed by atoms with Crippen molar-refractivity contribution < 1.29 is 28.5 Å². The lowest BCUT2D eigenvalue weighted by Gasteiger charge is -2.15. The van der Waals surface area contributed by atoms with Crippen molar-refractivity contribution in [1.82, 2.24) is 4.90 Å². The van der Waals surface area contributed by atoms with E-state index in [-0.39, 0.29) is 11.5 Å². The van der Waals surface area contributed by atoms with Crippen LogP contribution in [-0.4, -0.2) is 58.3 Å². The summed E-state index contributed by atoms with van der Waals surface area (Å²) in [4.78, 5) is 15.2. The zero-order valence-electron chi connectivity index (χ0n) is 18.1. The Morgan fingerprint density at radius 2 is 1.77 bits per heavy atom. The zero-order valence-corrected chi connectivity index (χ0v) is 18.1. The van der Waals surface area contributed by atoms with Crippen LogP contribution in [0, 0.1) is 0 Å². The van der Waals surface area contributed by atoms with E-state index >= 15 is 0 Å². The summed E-state index contributed by atoms with van der Waals surface area (Å²) < 4.78 is 28.0. The van der Waals surface area contributed by atoms with Crippen molar-refractivity contribution in [2.24, 2.45) is 0 Å². The van der Waals surface area contributed by atoms with Gasteiger partial charge >= 0.3 is 0 Å². The molecule has 0 bridgehead atoms. The second-order valence-electron chi connectivity index (χ2n) is 7.42. The summed E-state index contributed by atoms with van der Waals surface area (Å²) in [5, 5.41) is 0. The molecule has 0 amide bonds. The average Bonchev–Trinajstić information content (AvgIpc) is 3.41. The van der Waals surface area contributed by atoms with Crippen LogP contribution in [0.15, 0.2) is 36.1 Å². The molecule has 0 spiro atoms. The van der Waals surface area contributed by atoms with Gasteiger partial charge in [0.2, 0.25) is 11.5 Å². The highest BCUT2D eigenvalue weighted by Gasteiger charge is 2.28. The number of fused-ring (bicyclic) bond motifs is 1. The molecule has 2 aliphatic heterocycles. The number of methoxy groups -OCH3 is 3. The lowest BCUT2D eigenvalue weighted by atomic mass is 10.1. The van der Waals surface area contributed by atoms with Crippen molar-refractivity contribution in [2.45, 2.75) is 12.8 Å². The fourth-order valence-electron chi connectivity index (χ4n) is 3.94. The Balaban J connectivity index is 1.51. The number of ether oxygens (including phenoxy) is 5. The molecule has 2 heterocycles. The van der Waals surface area contributed by atoms with Gasteiger partial charge in [0.15, 0.2) is 17.3 Å². The van der Waals surface area contributed by atoms with Gasteiger partial charge in [-0.1, -0.05) is 0 Å². The van der Waals surface area contributed by atoms with Crippen LogP contribution in [0.2, 0.25) is 0 Å². The van der Waals surface area contributed by atoms with Gasteiger partial charge < -0.3 is 23.7 Å². The molecule has 1 saturated heterocycles. The van der Waals surface area contributed by atoms with Crippen molar-refractivity contribution >= 4 is 11.9 Å². The van der Waals surface area contributed by atoms with E-state index in [1.165, 1.54) is 27.1 Å². The predicted octanol–water partition coefficient (Wildman–Crippen LogP) is 3.80. The standard InChI is InChI=1S/C24H27NO6/c1-27-19-9-6-16(23(28-2)24(19)29-3)14-21-22(26)18-8-7-17(15-20(18)31-21)30-13-12-25-10-4-5-11-25/h6-9,14-15H,4-5,10-13H2,1-3H3/b21-14-. The largest absolute Gasteiger partial charge is 0.493 e. The van der Waals surface area contributed by atoms with Crippen LogP contribution < -0.4 is 23.7 Å². The smallest absolute Gasteiger partial charge is 0.231 e. The molecular weight excluding hydrogens is 398 g/mol. The third-order valence-corrected chi connectivity index (χ3v) is 5.54. The summed E-state index contributed by atoms with van der Waals surface area (Å²) in [6.45, 7) is 3.79. The number of carbonyl (C=O) groups is 1. The Morgan fingerprint density at radius 1 is 1.00 bits per heavy atom. The number of hydrogen-bond donors (Lipinski definition) is 0. The second-order valence-corrected chi connectivity index (χ2v) is 7.42. The summed E-state index contributed by atoms with van der Waals surface area (Å²) in [7, 11) is 4.63. The Morgan fingerprint density at radius 3 is 2.48 bits per heavy atom.